The van der Waals surface area contributed by atoms with Crippen LogP contribution in [-0.4, -0.2) is 45.6 Å². The summed E-state index contributed by atoms with van der Waals surface area (Å²) in [5.74, 6) is 1.32. The van der Waals surface area contributed by atoms with Gasteiger partial charge in [0.1, 0.15) is 18.5 Å². The van der Waals surface area contributed by atoms with Crippen molar-refractivity contribution in [1.29, 1.82) is 0 Å². The molecule has 1 unspecified atom stereocenters. The fraction of sp³-hybridized carbons (Fsp3) is 0.278. The molecule has 6 nitrogen and oxygen atoms in total. The molecule has 25 heavy (non-hydrogen) atoms. The highest BCUT2D eigenvalue weighted by atomic mass is 79.9. The summed E-state index contributed by atoms with van der Waals surface area (Å²) >= 11 is 3.39. The van der Waals surface area contributed by atoms with Crippen molar-refractivity contribution >= 4 is 32.9 Å². The molecular formula is C18H20BrN3O3. The largest absolute Gasteiger partial charge is 0.491 e. The fourth-order valence-electron chi connectivity index (χ4n) is 2.58. The summed E-state index contributed by atoms with van der Waals surface area (Å²) in [6.07, 6.45) is -0.703. The zero-order valence-corrected chi connectivity index (χ0v) is 15.2. The number of imidazole rings is 1. The van der Waals surface area contributed by atoms with Crippen molar-refractivity contribution in [2.24, 2.45) is 0 Å². The summed E-state index contributed by atoms with van der Waals surface area (Å²) in [5, 5.41) is 22.5. The first kappa shape index (κ1) is 17.7. The summed E-state index contributed by atoms with van der Waals surface area (Å²) in [7, 11) is 0. The number of halogens is 1. The number of para-hydroxylation sites is 2. The molecule has 0 amide bonds. The molecule has 0 saturated heterocycles. The number of nitrogens with one attached hydrogen (secondary N) is 1. The second kappa shape index (κ2) is 8.33. The van der Waals surface area contributed by atoms with Crippen LogP contribution in [0.1, 0.15) is 0 Å². The number of benzene rings is 2. The fourth-order valence-corrected chi connectivity index (χ4v) is 2.95. The first-order valence-corrected chi connectivity index (χ1v) is 8.83. The highest BCUT2D eigenvalue weighted by molar-refractivity contribution is 9.10. The first-order chi connectivity index (χ1) is 12.2. The van der Waals surface area contributed by atoms with Gasteiger partial charge < -0.3 is 24.8 Å². The Bertz CT molecular complexity index is 837. The van der Waals surface area contributed by atoms with Crippen LogP contribution in [-0.2, 0) is 6.54 Å². The van der Waals surface area contributed by atoms with Crippen LogP contribution in [0.15, 0.2) is 53.0 Å². The maximum atomic E-state index is 10.4. The Hall–Kier alpha value is -2.09. The van der Waals surface area contributed by atoms with Crippen LogP contribution < -0.4 is 10.1 Å². The van der Waals surface area contributed by atoms with Crippen LogP contribution in [0.3, 0.4) is 0 Å². The molecule has 132 valence electrons. The minimum atomic E-state index is -0.703. The number of aliphatic hydroxyl groups is 2. The van der Waals surface area contributed by atoms with Gasteiger partial charge in [-0.15, -0.1) is 0 Å². The lowest BCUT2D eigenvalue weighted by Gasteiger charge is -2.16. The van der Waals surface area contributed by atoms with Crippen molar-refractivity contribution in [3.05, 3.63) is 53.0 Å². The number of fused-ring (bicyclic) bond motifs is 1. The van der Waals surface area contributed by atoms with E-state index in [4.69, 9.17) is 9.84 Å². The Morgan fingerprint density at radius 3 is 2.84 bits per heavy atom. The molecule has 0 spiro atoms. The summed E-state index contributed by atoms with van der Waals surface area (Å²) in [4.78, 5) is 4.52. The molecule has 7 heteroatoms. The minimum Gasteiger partial charge on any atom is -0.491 e. The smallest absolute Gasteiger partial charge is 0.204 e. The van der Waals surface area contributed by atoms with E-state index < -0.39 is 6.10 Å². The van der Waals surface area contributed by atoms with Gasteiger partial charge in [0.15, 0.2) is 0 Å². The number of nitrogens with zero attached hydrogens (tertiary/aromatic N) is 2. The van der Waals surface area contributed by atoms with Gasteiger partial charge in [0, 0.05) is 11.0 Å². The Balaban J connectivity index is 1.72. The van der Waals surface area contributed by atoms with E-state index in [9.17, 15) is 5.11 Å². The van der Waals surface area contributed by atoms with Crippen molar-refractivity contribution < 1.29 is 14.9 Å². The summed E-state index contributed by atoms with van der Waals surface area (Å²) in [6, 6.07) is 15.2. The number of rotatable bonds is 8. The average molecular weight is 406 g/mol. The lowest BCUT2D eigenvalue weighted by atomic mass is 10.3. The van der Waals surface area contributed by atoms with Crippen LogP contribution >= 0.6 is 15.9 Å². The van der Waals surface area contributed by atoms with Gasteiger partial charge in [-0.1, -0.05) is 34.1 Å². The molecule has 1 aromatic heterocycles. The van der Waals surface area contributed by atoms with E-state index in [-0.39, 0.29) is 13.2 Å². The molecule has 0 saturated carbocycles. The number of aliphatic hydroxyl groups excluding tert-OH is 2. The number of ether oxygens (including phenoxy) is 1. The Labute approximate surface area is 154 Å². The molecule has 3 aromatic rings. The molecule has 0 aliphatic carbocycles. The molecule has 0 radical (unpaired) electrons. The lowest BCUT2D eigenvalue weighted by molar-refractivity contribution is 0.0938. The molecular weight excluding hydrogens is 386 g/mol. The molecule has 2 aromatic carbocycles. The standard InChI is InChI=1S/C18H20BrN3O3/c19-13-4-3-5-15(10-13)25-12-14(24)11-22-17-7-2-1-6-16(17)21-18(22)20-8-9-23/h1-7,10,14,23-24H,8-9,11-12H2,(H,20,21). The Kier molecular flexibility index (Phi) is 5.91. The number of anilines is 1. The Morgan fingerprint density at radius 2 is 2.04 bits per heavy atom. The van der Waals surface area contributed by atoms with Crippen molar-refractivity contribution in [2.45, 2.75) is 12.6 Å². The zero-order valence-electron chi connectivity index (χ0n) is 13.6. The maximum absolute atomic E-state index is 10.4. The predicted molar refractivity (Wildman–Crippen MR) is 101 cm³/mol. The monoisotopic (exact) mass is 405 g/mol. The number of aromatic nitrogens is 2. The van der Waals surface area contributed by atoms with Gasteiger partial charge in [-0.3, -0.25) is 0 Å². The van der Waals surface area contributed by atoms with Gasteiger partial charge in [0.2, 0.25) is 5.95 Å². The lowest BCUT2D eigenvalue weighted by Crippen LogP contribution is -2.25. The van der Waals surface area contributed by atoms with E-state index in [0.29, 0.717) is 24.8 Å². The van der Waals surface area contributed by atoms with E-state index in [1.54, 1.807) is 0 Å². The third-order valence-corrected chi connectivity index (χ3v) is 4.17. The van der Waals surface area contributed by atoms with Crippen LogP contribution in [0.5, 0.6) is 5.75 Å². The van der Waals surface area contributed by atoms with E-state index in [0.717, 1.165) is 15.5 Å². The molecule has 1 heterocycles. The minimum absolute atomic E-state index is 0.0117. The van der Waals surface area contributed by atoms with Crippen molar-refractivity contribution in [1.82, 2.24) is 9.55 Å². The van der Waals surface area contributed by atoms with E-state index in [1.165, 1.54) is 0 Å². The molecule has 1 atom stereocenters. The van der Waals surface area contributed by atoms with Crippen LogP contribution in [0.2, 0.25) is 0 Å². The SMILES string of the molecule is OCCNc1nc2ccccc2n1CC(O)COc1cccc(Br)c1. The maximum Gasteiger partial charge on any atom is 0.204 e. The van der Waals surface area contributed by atoms with E-state index in [2.05, 4.69) is 26.2 Å². The summed E-state index contributed by atoms with van der Waals surface area (Å²) in [6.45, 7) is 0.913. The van der Waals surface area contributed by atoms with Gasteiger partial charge >= 0.3 is 0 Å². The van der Waals surface area contributed by atoms with Crippen molar-refractivity contribution in [3.63, 3.8) is 0 Å². The van der Waals surface area contributed by atoms with E-state index >= 15 is 0 Å². The third kappa shape index (κ3) is 4.50. The second-order valence-corrected chi connectivity index (χ2v) is 6.52. The van der Waals surface area contributed by atoms with Gasteiger partial charge in [0.05, 0.1) is 24.2 Å². The first-order valence-electron chi connectivity index (χ1n) is 8.04. The normalized spacial score (nSPS) is 12.3. The Morgan fingerprint density at radius 1 is 1.20 bits per heavy atom. The molecule has 0 bridgehead atoms. The summed E-state index contributed by atoms with van der Waals surface area (Å²) in [5.41, 5.74) is 1.76. The van der Waals surface area contributed by atoms with E-state index in [1.807, 2.05) is 53.1 Å². The molecule has 0 fully saturated rings. The van der Waals surface area contributed by atoms with Crippen LogP contribution in [0.25, 0.3) is 11.0 Å². The van der Waals surface area contributed by atoms with Gasteiger partial charge in [-0.2, -0.15) is 0 Å². The molecule has 0 aliphatic heterocycles. The second-order valence-electron chi connectivity index (χ2n) is 5.61. The van der Waals surface area contributed by atoms with Gasteiger partial charge in [0.25, 0.3) is 0 Å². The highest BCUT2D eigenvalue weighted by Gasteiger charge is 2.14. The number of hydrogen-bond donors (Lipinski definition) is 3. The topological polar surface area (TPSA) is 79.5 Å². The van der Waals surface area contributed by atoms with Crippen LogP contribution in [0.4, 0.5) is 5.95 Å². The zero-order chi connectivity index (χ0) is 17.6. The van der Waals surface area contributed by atoms with Crippen LogP contribution in [0, 0.1) is 0 Å². The van der Waals surface area contributed by atoms with Gasteiger partial charge in [-0.25, -0.2) is 4.98 Å². The van der Waals surface area contributed by atoms with Crippen molar-refractivity contribution in [3.8, 4) is 5.75 Å². The summed E-state index contributed by atoms with van der Waals surface area (Å²) < 4.78 is 8.49. The molecule has 3 N–H and O–H groups in total. The molecule has 0 aliphatic rings. The predicted octanol–water partition coefficient (Wildman–Crippen LogP) is 2.64. The number of hydrogen-bond acceptors (Lipinski definition) is 5. The third-order valence-electron chi connectivity index (χ3n) is 3.68. The average Bonchev–Trinajstić information content (AvgIpc) is 2.96. The highest BCUT2D eigenvalue weighted by Crippen LogP contribution is 2.21. The van der Waals surface area contributed by atoms with Gasteiger partial charge in [-0.05, 0) is 30.3 Å². The van der Waals surface area contributed by atoms with Crippen molar-refractivity contribution in [2.75, 3.05) is 25.1 Å². The molecule has 3 rings (SSSR count). The quantitative estimate of drug-likeness (QED) is 0.536.